The van der Waals surface area contributed by atoms with Gasteiger partial charge in [0.15, 0.2) is 0 Å². The van der Waals surface area contributed by atoms with Crippen LogP contribution in [-0.2, 0) is 10.0 Å². The molecule has 1 heterocycles. The lowest BCUT2D eigenvalue weighted by atomic mass is 9.89. The van der Waals surface area contributed by atoms with Crippen LogP contribution in [0, 0.1) is 11.8 Å². The Morgan fingerprint density at radius 3 is 2.06 bits per heavy atom. The second kappa shape index (κ2) is 4.78. The highest BCUT2D eigenvalue weighted by Gasteiger charge is 2.29. The Morgan fingerprint density at radius 1 is 1.12 bits per heavy atom. The molecule has 0 aromatic heterocycles. The maximum absolute atomic E-state index is 11.8. The second-order valence-corrected chi connectivity index (χ2v) is 7.07. The number of hydrogen-bond donors (Lipinski definition) is 0. The molecule has 0 amide bonds. The lowest BCUT2D eigenvalue weighted by molar-refractivity contribution is 0.391. The molecule has 0 atom stereocenters. The van der Waals surface area contributed by atoms with Crippen LogP contribution in [0.2, 0.25) is 0 Å². The molecule has 0 saturated heterocycles. The summed E-state index contributed by atoms with van der Waals surface area (Å²) in [7, 11) is -3.11. The summed E-state index contributed by atoms with van der Waals surface area (Å²) in [6.07, 6.45) is 3.28. The van der Waals surface area contributed by atoms with Gasteiger partial charge in [-0.15, -0.1) is 0 Å². The molecule has 0 unspecified atom stereocenters. The number of hydrogen-bond acceptors (Lipinski definition) is 2. The van der Waals surface area contributed by atoms with Crippen molar-refractivity contribution in [1.29, 1.82) is 0 Å². The van der Waals surface area contributed by atoms with Gasteiger partial charge in [-0.2, -0.15) is 0 Å². The summed E-state index contributed by atoms with van der Waals surface area (Å²) in [4.78, 5) is 0. The van der Waals surface area contributed by atoms with E-state index in [1.54, 1.807) is 4.31 Å². The third kappa shape index (κ3) is 2.78. The molecule has 0 radical (unpaired) electrons. The van der Waals surface area contributed by atoms with Crippen LogP contribution in [0.5, 0.6) is 0 Å². The molecule has 1 aliphatic rings. The van der Waals surface area contributed by atoms with E-state index in [1.165, 1.54) is 11.8 Å². The Kier molecular flexibility index (Phi) is 4.05. The number of nitrogens with zero attached hydrogens (tertiary/aromatic N) is 1. The fourth-order valence-electron chi connectivity index (χ4n) is 2.41. The summed E-state index contributed by atoms with van der Waals surface area (Å²) in [6, 6.07) is 0. The highest BCUT2D eigenvalue weighted by Crippen LogP contribution is 2.33. The zero-order valence-electron chi connectivity index (χ0n) is 10.9. The predicted molar refractivity (Wildman–Crippen MR) is 67.5 cm³/mol. The van der Waals surface area contributed by atoms with Crippen LogP contribution < -0.4 is 0 Å². The normalized spacial score (nSPS) is 18.8. The van der Waals surface area contributed by atoms with Crippen LogP contribution in [-0.4, -0.2) is 25.5 Å². The van der Waals surface area contributed by atoms with Crippen molar-refractivity contribution in [3.05, 3.63) is 11.3 Å². The molecule has 0 aromatic carbocycles. The monoisotopic (exact) mass is 245 g/mol. The van der Waals surface area contributed by atoms with Crippen LogP contribution >= 0.6 is 0 Å². The van der Waals surface area contributed by atoms with Crippen molar-refractivity contribution in [2.75, 3.05) is 12.8 Å². The van der Waals surface area contributed by atoms with E-state index in [9.17, 15) is 8.42 Å². The fourth-order valence-corrected chi connectivity index (χ4v) is 3.56. The summed E-state index contributed by atoms with van der Waals surface area (Å²) in [5.41, 5.74) is 2.34. The van der Waals surface area contributed by atoms with Crippen LogP contribution in [0.1, 0.15) is 40.5 Å². The average molecular weight is 245 g/mol. The molecule has 1 aliphatic heterocycles. The fraction of sp³-hybridized carbons (Fsp3) is 0.833. The Hall–Kier alpha value is -0.510. The smallest absolute Gasteiger partial charge is 0.231 e. The maximum atomic E-state index is 11.8. The van der Waals surface area contributed by atoms with Gasteiger partial charge >= 0.3 is 0 Å². The first-order valence-electron chi connectivity index (χ1n) is 5.95. The quantitative estimate of drug-likeness (QED) is 0.766. The molecular formula is C12H23NO2S. The van der Waals surface area contributed by atoms with Crippen LogP contribution in [0.4, 0.5) is 0 Å². The molecule has 94 valence electrons. The topological polar surface area (TPSA) is 37.4 Å². The molecule has 0 bridgehead atoms. The molecule has 1 rings (SSSR count). The zero-order chi connectivity index (χ0) is 12.5. The molecule has 4 heteroatoms. The highest BCUT2D eigenvalue weighted by atomic mass is 32.2. The highest BCUT2D eigenvalue weighted by molar-refractivity contribution is 7.88. The van der Waals surface area contributed by atoms with Crippen molar-refractivity contribution in [2.45, 2.75) is 40.5 Å². The summed E-state index contributed by atoms with van der Waals surface area (Å²) in [6.45, 7) is 9.07. The SMILES string of the molecule is CC(C)C1=C(C(C)C)N(S(C)(=O)=O)CCC1. The van der Waals surface area contributed by atoms with Crippen LogP contribution in [0.15, 0.2) is 11.3 Å². The largest absolute Gasteiger partial charge is 0.274 e. The lowest BCUT2D eigenvalue weighted by Gasteiger charge is -2.35. The first-order chi connectivity index (χ1) is 7.25. The van der Waals surface area contributed by atoms with E-state index < -0.39 is 10.0 Å². The summed E-state index contributed by atoms with van der Waals surface area (Å²) in [5.74, 6) is 0.703. The minimum absolute atomic E-state index is 0.271. The van der Waals surface area contributed by atoms with E-state index in [0.717, 1.165) is 18.5 Å². The first-order valence-corrected chi connectivity index (χ1v) is 7.80. The van der Waals surface area contributed by atoms with Gasteiger partial charge in [0.25, 0.3) is 0 Å². The Morgan fingerprint density at radius 2 is 1.69 bits per heavy atom. The molecule has 3 nitrogen and oxygen atoms in total. The van der Waals surface area contributed by atoms with Gasteiger partial charge in [0.1, 0.15) is 0 Å². The van der Waals surface area contributed by atoms with E-state index in [2.05, 4.69) is 27.7 Å². The minimum atomic E-state index is -3.11. The Bertz CT molecular complexity index is 380. The third-order valence-electron chi connectivity index (χ3n) is 3.05. The van der Waals surface area contributed by atoms with Crippen molar-refractivity contribution in [1.82, 2.24) is 4.31 Å². The molecule has 16 heavy (non-hydrogen) atoms. The molecule has 0 aliphatic carbocycles. The molecule has 0 N–H and O–H groups in total. The van der Waals surface area contributed by atoms with E-state index in [-0.39, 0.29) is 5.92 Å². The van der Waals surface area contributed by atoms with Crippen LogP contribution in [0.25, 0.3) is 0 Å². The van der Waals surface area contributed by atoms with E-state index in [1.807, 2.05) is 0 Å². The summed E-state index contributed by atoms with van der Waals surface area (Å²) >= 11 is 0. The second-order valence-electron chi connectivity index (χ2n) is 5.16. The van der Waals surface area contributed by atoms with E-state index in [0.29, 0.717) is 12.5 Å². The predicted octanol–water partition coefficient (Wildman–Crippen LogP) is 2.61. The zero-order valence-corrected chi connectivity index (χ0v) is 11.8. The summed E-state index contributed by atoms with van der Waals surface area (Å²) < 4.78 is 25.1. The van der Waals surface area contributed by atoms with Gasteiger partial charge in [-0.3, -0.25) is 4.31 Å². The minimum Gasteiger partial charge on any atom is -0.274 e. The van der Waals surface area contributed by atoms with Gasteiger partial charge in [0, 0.05) is 12.2 Å². The Labute approximate surface area is 99.6 Å². The van der Waals surface area contributed by atoms with Gasteiger partial charge < -0.3 is 0 Å². The van der Waals surface area contributed by atoms with Crippen molar-refractivity contribution in [3.8, 4) is 0 Å². The molecule has 0 saturated carbocycles. The summed E-state index contributed by atoms with van der Waals surface area (Å²) in [5, 5.41) is 0. The van der Waals surface area contributed by atoms with Gasteiger partial charge in [-0.1, -0.05) is 27.7 Å². The maximum Gasteiger partial charge on any atom is 0.231 e. The number of sulfonamides is 1. The van der Waals surface area contributed by atoms with Gasteiger partial charge in [0.05, 0.1) is 6.26 Å². The van der Waals surface area contributed by atoms with Gasteiger partial charge in [-0.05, 0) is 30.3 Å². The molecule has 0 fully saturated rings. The van der Waals surface area contributed by atoms with E-state index >= 15 is 0 Å². The van der Waals surface area contributed by atoms with Gasteiger partial charge in [-0.25, -0.2) is 8.42 Å². The lowest BCUT2D eigenvalue weighted by Crippen LogP contribution is -2.36. The molecule has 0 aromatic rings. The van der Waals surface area contributed by atoms with Crippen molar-refractivity contribution < 1.29 is 8.42 Å². The van der Waals surface area contributed by atoms with Gasteiger partial charge in [0.2, 0.25) is 10.0 Å². The van der Waals surface area contributed by atoms with E-state index in [4.69, 9.17) is 0 Å². The van der Waals surface area contributed by atoms with Crippen LogP contribution in [0.3, 0.4) is 0 Å². The van der Waals surface area contributed by atoms with Crippen molar-refractivity contribution >= 4 is 10.0 Å². The molecular weight excluding hydrogens is 222 g/mol. The third-order valence-corrected chi connectivity index (χ3v) is 4.23. The number of rotatable bonds is 3. The number of allylic oxidation sites excluding steroid dienone is 2. The average Bonchev–Trinajstić information content (AvgIpc) is 2.14. The Balaban J connectivity index is 3.26. The van der Waals surface area contributed by atoms with Crippen molar-refractivity contribution in [3.63, 3.8) is 0 Å². The van der Waals surface area contributed by atoms with Crippen molar-refractivity contribution in [2.24, 2.45) is 11.8 Å². The standard InChI is InChI=1S/C12H23NO2S/c1-9(2)11-7-6-8-13(16(5,14)15)12(11)10(3)4/h9-10H,6-8H2,1-5H3. The molecule has 0 spiro atoms. The first kappa shape index (κ1) is 13.6.